The van der Waals surface area contributed by atoms with E-state index >= 15 is 0 Å². The zero-order chi connectivity index (χ0) is 11.0. The smallest absolute Gasteiger partial charge is 0.354 e. The van der Waals surface area contributed by atoms with Crippen LogP contribution in [0.3, 0.4) is 0 Å². The van der Waals surface area contributed by atoms with Crippen LogP contribution in [0, 0.1) is 0 Å². The van der Waals surface area contributed by atoms with Gasteiger partial charge in [-0.25, -0.2) is 9.78 Å². The van der Waals surface area contributed by atoms with E-state index in [-0.39, 0.29) is 0 Å². The number of hydrogen-bond acceptors (Lipinski definition) is 4. The molecular weight excluding hydrogens is 200 g/mol. The van der Waals surface area contributed by atoms with Gasteiger partial charge in [-0.2, -0.15) is 0 Å². The Balaban J connectivity index is 2.45. The third-order valence-electron chi connectivity index (χ3n) is 2.09. The van der Waals surface area contributed by atoms with Gasteiger partial charge in [0.1, 0.15) is 0 Å². The van der Waals surface area contributed by atoms with Crippen LogP contribution in [0.15, 0.2) is 18.3 Å². The van der Waals surface area contributed by atoms with Crippen LogP contribution in [0.1, 0.15) is 0 Å². The molecule has 0 spiro atoms. The molecule has 0 radical (unpaired) electrons. The molecule has 0 fully saturated rings. The number of aromatic nitrogens is 1. The Morgan fingerprint density at radius 2 is 2.40 bits per heavy atom. The Kier molecular flexibility index (Phi) is 2.03. The van der Waals surface area contributed by atoms with Crippen molar-refractivity contribution < 1.29 is 19.4 Å². The van der Waals surface area contributed by atoms with Gasteiger partial charge < -0.3 is 9.84 Å². The maximum absolute atomic E-state index is 11.5. The van der Waals surface area contributed by atoms with Crippen LogP contribution in [0.4, 0.5) is 5.82 Å². The summed E-state index contributed by atoms with van der Waals surface area (Å²) in [5, 5.41) is 8.76. The Hall–Kier alpha value is -2.11. The zero-order valence-electron chi connectivity index (χ0n) is 7.88. The highest BCUT2D eigenvalue weighted by atomic mass is 16.5. The number of anilines is 1. The largest absolute Gasteiger partial charge is 0.478 e. The number of carboxylic acids is 1. The van der Waals surface area contributed by atoms with Crippen LogP contribution in [-0.2, 0) is 9.59 Å². The summed E-state index contributed by atoms with van der Waals surface area (Å²) in [6.07, 6.45) is 0.0271. The number of aliphatic carboxylic acids is 1. The van der Waals surface area contributed by atoms with Crippen LogP contribution in [0.2, 0.25) is 0 Å². The maximum Gasteiger partial charge on any atom is 0.354 e. The average Bonchev–Trinajstić information content (AvgIpc) is 2.23. The summed E-state index contributed by atoms with van der Waals surface area (Å²) in [5.74, 6) is -1.30. The summed E-state index contributed by atoms with van der Waals surface area (Å²) in [7, 11) is 1.46. The van der Waals surface area contributed by atoms with Crippen molar-refractivity contribution in [3.8, 4) is 5.75 Å². The van der Waals surface area contributed by atoms with Gasteiger partial charge in [-0.1, -0.05) is 0 Å². The average molecular weight is 208 g/mol. The van der Waals surface area contributed by atoms with Crippen LogP contribution < -0.4 is 9.64 Å². The molecule has 1 unspecified atom stereocenters. The van der Waals surface area contributed by atoms with Crippen LogP contribution in [0.5, 0.6) is 5.75 Å². The molecule has 15 heavy (non-hydrogen) atoms. The number of nitrogens with zero attached hydrogens (tertiary/aromatic N) is 2. The highest BCUT2D eigenvalue weighted by Gasteiger charge is 2.38. The van der Waals surface area contributed by atoms with Gasteiger partial charge >= 0.3 is 5.97 Å². The van der Waals surface area contributed by atoms with Gasteiger partial charge in [-0.3, -0.25) is 9.69 Å². The topological polar surface area (TPSA) is 79.7 Å². The normalized spacial score (nSPS) is 19.4. The van der Waals surface area contributed by atoms with E-state index < -0.39 is 18.0 Å². The third-order valence-corrected chi connectivity index (χ3v) is 2.09. The molecule has 1 N–H and O–H groups in total. The molecule has 2 heterocycles. The molecule has 0 bridgehead atoms. The van der Waals surface area contributed by atoms with Crippen LogP contribution >= 0.6 is 0 Å². The minimum absolute atomic E-state index is 0.298. The standard InChI is InChI=1S/C9H8N2O4/c1-11-7-5(3-2-4-10-7)15-6(8(11)12)9(13)14/h2-4,6H,1H3,(H,13,14). The number of ether oxygens (including phenoxy) is 1. The van der Waals surface area contributed by atoms with Crippen LogP contribution in [-0.4, -0.2) is 35.1 Å². The molecule has 1 atom stereocenters. The lowest BCUT2D eigenvalue weighted by atomic mass is 10.2. The summed E-state index contributed by atoms with van der Waals surface area (Å²) >= 11 is 0. The second-order valence-electron chi connectivity index (χ2n) is 3.06. The number of carbonyl (C=O) groups is 2. The van der Waals surface area contributed by atoms with Crippen molar-refractivity contribution in [1.82, 2.24) is 4.98 Å². The molecule has 0 saturated heterocycles. The number of likely N-dealkylation sites (N-methyl/N-ethyl adjacent to an activating group) is 1. The highest BCUT2D eigenvalue weighted by molar-refractivity contribution is 6.09. The van der Waals surface area contributed by atoms with Gasteiger partial charge in [0.2, 0.25) is 0 Å². The summed E-state index contributed by atoms with van der Waals surface area (Å²) in [6.45, 7) is 0. The molecule has 1 aliphatic rings. The number of pyridine rings is 1. The number of carboxylic acid groups (broad SMARTS) is 1. The van der Waals surface area contributed by atoms with E-state index in [1.807, 2.05) is 0 Å². The van der Waals surface area contributed by atoms with E-state index in [4.69, 9.17) is 9.84 Å². The fraction of sp³-hybridized carbons (Fsp3) is 0.222. The lowest BCUT2D eigenvalue weighted by Crippen LogP contribution is -2.48. The molecule has 2 rings (SSSR count). The monoisotopic (exact) mass is 208 g/mol. The summed E-state index contributed by atoms with van der Waals surface area (Å²) in [4.78, 5) is 27.3. The van der Waals surface area contributed by atoms with Gasteiger partial charge in [0.05, 0.1) is 0 Å². The molecule has 78 valence electrons. The number of carbonyl (C=O) groups excluding carboxylic acids is 1. The zero-order valence-corrected chi connectivity index (χ0v) is 7.88. The molecule has 6 heteroatoms. The van der Waals surface area contributed by atoms with Crippen molar-refractivity contribution in [1.29, 1.82) is 0 Å². The number of amides is 1. The van der Waals surface area contributed by atoms with Crippen LogP contribution in [0.25, 0.3) is 0 Å². The molecule has 1 aromatic heterocycles. The van der Waals surface area contributed by atoms with Gasteiger partial charge in [0.25, 0.3) is 12.0 Å². The first-order chi connectivity index (χ1) is 7.11. The van der Waals surface area contributed by atoms with E-state index in [1.54, 1.807) is 12.1 Å². The quantitative estimate of drug-likeness (QED) is 0.651. The number of hydrogen-bond donors (Lipinski definition) is 1. The Bertz CT molecular complexity index is 432. The Labute approximate surface area is 85.1 Å². The molecule has 0 aromatic carbocycles. The predicted molar refractivity (Wildman–Crippen MR) is 49.7 cm³/mol. The fourth-order valence-electron chi connectivity index (χ4n) is 1.34. The number of rotatable bonds is 1. The fourth-order valence-corrected chi connectivity index (χ4v) is 1.34. The van der Waals surface area contributed by atoms with Gasteiger partial charge in [-0.05, 0) is 12.1 Å². The second kappa shape index (κ2) is 3.23. The van der Waals surface area contributed by atoms with E-state index in [1.165, 1.54) is 18.1 Å². The van der Waals surface area contributed by atoms with E-state index in [2.05, 4.69) is 4.98 Å². The molecule has 1 aliphatic heterocycles. The Morgan fingerprint density at radius 3 is 3.07 bits per heavy atom. The maximum atomic E-state index is 11.5. The summed E-state index contributed by atoms with van der Waals surface area (Å²) in [5.41, 5.74) is 0. The molecular formula is C9H8N2O4. The lowest BCUT2D eigenvalue weighted by molar-refractivity contribution is -0.150. The van der Waals surface area contributed by atoms with Crippen molar-refractivity contribution >= 4 is 17.7 Å². The SMILES string of the molecule is CN1C(=O)C(C(=O)O)Oc2cccnc21. The van der Waals surface area contributed by atoms with E-state index in [0.29, 0.717) is 11.6 Å². The molecule has 1 aromatic rings. The van der Waals surface area contributed by atoms with Gasteiger partial charge in [0.15, 0.2) is 11.6 Å². The van der Waals surface area contributed by atoms with Gasteiger partial charge in [0, 0.05) is 13.2 Å². The minimum atomic E-state index is -1.48. The Morgan fingerprint density at radius 1 is 1.67 bits per heavy atom. The molecule has 6 nitrogen and oxygen atoms in total. The van der Waals surface area contributed by atoms with Crippen molar-refractivity contribution in [2.75, 3.05) is 11.9 Å². The van der Waals surface area contributed by atoms with Crippen molar-refractivity contribution in [2.24, 2.45) is 0 Å². The van der Waals surface area contributed by atoms with Gasteiger partial charge in [-0.15, -0.1) is 0 Å². The molecule has 1 amide bonds. The second-order valence-corrected chi connectivity index (χ2v) is 3.06. The number of fused-ring (bicyclic) bond motifs is 1. The summed E-state index contributed by atoms with van der Waals surface area (Å²) in [6, 6.07) is 3.18. The van der Waals surface area contributed by atoms with Crippen molar-refractivity contribution in [2.45, 2.75) is 6.10 Å². The first-order valence-electron chi connectivity index (χ1n) is 4.23. The van der Waals surface area contributed by atoms with E-state index in [9.17, 15) is 9.59 Å². The molecule has 0 saturated carbocycles. The lowest BCUT2D eigenvalue weighted by Gasteiger charge is -2.28. The first kappa shape index (κ1) is 9.45. The summed E-state index contributed by atoms with van der Waals surface area (Å²) < 4.78 is 5.02. The third kappa shape index (κ3) is 1.39. The van der Waals surface area contributed by atoms with Crippen molar-refractivity contribution in [3.63, 3.8) is 0 Å². The molecule has 0 aliphatic carbocycles. The van der Waals surface area contributed by atoms with E-state index in [0.717, 1.165) is 0 Å². The van der Waals surface area contributed by atoms with Crippen molar-refractivity contribution in [3.05, 3.63) is 18.3 Å². The first-order valence-corrected chi connectivity index (χ1v) is 4.23. The highest BCUT2D eigenvalue weighted by Crippen LogP contribution is 2.30. The predicted octanol–water partition coefficient (Wildman–Crippen LogP) is -0.110. The minimum Gasteiger partial charge on any atom is -0.478 e.